The van der Waals surface area contributed by atoms with Crippen LogP contribution in [-0.4, -0.2) is 5.78 Å². The molecule has 0 radical (unpaired) electrons. The number of hydrogen-bond donors (Lipinski definition) is 0. The van der Waals surface area contributed by atoms with Crippen LogP contribution in [-0.2, 0) is 0 Å². The van der Waals surface area contributed by atoms with Gasteiger partial charge in [-0.25, -0.2) is 4.39 Å². The topological polar surface area (TPSA) is 17.1 Å². The standard InChI is InChI=1S/C11H11FO/c1-7-5-6-10(13)11-8(7)3-2-4-9(11)12/h2-4,7H,5-6H2,1H3. The van der Waals surface area contributed by atoms with Crippen LogP contribution >= 0.6 is 0 Å². The Balaban J connectivity index is 2.63. The molecule has 0 saturated heterocycles. The zero-order valence-electron chi connectivity index (χ0n) is 7.51. The van der Waals surface area contributed by atoms with Gasteiger partial charge in [0.2, 0.25) is 0 Å². The van der Waals surface area contributed by atoms with E-state index in [9.17, 15) is 9.18 Å². The lowest BCUT2D eigenvalue weighted by Crippen LogP contribution is -2.15. The normalized spacial score (nSPS) is 21.4. The molecule has 13 heavy (non-hydrogen) atoms. The highest BCUT2D eigenvalue weighted by molar-refractivity contribution is 5.99. The van der Waals surface area contributed by atoms with Crippen molar-refractivity contribution in [3.8, 4) is 0 Å². The zero-order chi connectivity index (χ0) is 9.42. The first-order valence-electron chi connectivity index (χ1n) is 4.51. The molecule has 0 aromatic heterocycles. The first-order chi connectivity index (χ1) is 6.20. The van der Waals surface area contributed by atoms with Crippen LogP contribution < -0.4 is 0 Å². The van der Waals surface area contributed by atoms with Crippen molar-refractivity contribution in [2.24, 2.45) is 0 Å². The van der Waals surface area contributed by atoms with Gasteiger partial charge in [-0.2, -0.15) is 0 Å². The summed E-state index contributed by atoms with van der Waals surface area (Å²) in [6, 6.07) is 4.87. The largest absolute Gasteiger partial charge is 0.294 e. The van der Waals surface area contributed by atoms with Crippen LogP contribution in [0, 0.1) is 5.82 Å². The molecule has 1 unspecified atom stereocenters. The maximum Gasteiger partial charge on any atom is 0.166 e. The Morgan fingerprint density at radius 1 is 1.46 bits per heavy atom. The van der Waals surface area contributed by atoms with Gasteiger partial charge in [-0.3, -0.25) is 4.79 Å². The second-order valence-electron chi connectivity index (χ2n) is 3.57. The molecule has 0 N–H and O–H groups in total. The van der Waals surface area contributed by atoms with Gasteiger partial charge in [0.05, 0.1) is 5.56 Å². The molecular weight excluding hydrogens is 167 g/mol. The summed E-state index contributed by atoms with van der Waals surface area (Å²) < 4.78 is 13.3. The number of fused-ring (bicyclic) bond motifs is 1. The average Bonchev–Trinajstić information content (AvgIpc) is 2.12. The van der Waals surface area contributed by atoms with Crippen molar-refractivity contribution in [3.63, 3.8) is 0 Å². The molecule has 0 bridgehead atoms. The molecule has 1 aliphatic carbocycles. The zero-order valence-corrected chi connectivity index (χ0v) is 7.51. The van der Waals surface area contributed by atoms with Gasteiger partial charge in [-0.1, -0.05) is 19.1 Å². The summed E-state index contributed by atoms with van der Waals surface area (Å²) in [5, 5.41) is 0. The molecule has 1 aromatic rings. The van der Waals surface area contributed by atoms with Crippen molar-refractivity contribution < 1.29 is 9.18 Å². The van der Waals surface area contributed by atoms with E-state index in [4.69, 9.17) is 0 Å². The number of hydrogen-bond acceptors (Lipinski definition) is 1. The second kappa shape index (κ2) is 2.95. The third kappa shape index (κ3) is 1.26. The highest BCUT2D eigenvalue weighted by atomic mass is 19.1. The molecule has 0 fully saturated rings. The Morgan fingerprint density at radius 3 is 2.92 bits per heavy atom. The molecule has 1 aromatic carbocycles. The lowest BCUT2D eigenvalue weighted by molar-refractivity contribution is 0.0963. The maximum atomic E-state index is 13.3. The van der Waals surface area contributed by atoms with Gasteiger partial charge in [0.1, 0.15) is 5.82 Å². The van der Waals surface area contributed by atoms with Gasteiger partial charge in [0.25, 0.3) is 0 Å². The van der Waals surface area contributed by atoms with Gasteiger partial charge in [0.15, 0.2) is 5.78 Å². The molecule has 2 heteroatoms. The lowest BCUT2D eigenvalue weighted by atomic mass is 9.83. The lowest BCUT2D eigenvalue weighted by Gasteiger charge is -2.21. The Hall–Kier alpha value is -1.18. The number of rotatable bonds is 0. The Kier molecular flexibility index (Phi) is 1.91. The Morgan fingerprint density at radius 2 is 2.23 bits per heavy atom. The van der Waals surface area contributed by atoms with E-state index in [1.54, 1.807) is 6.07 Å². The molecule has 0 spiro atoms. The summed E-state index contributed by atoms with van der Waals surface area (Å²) in [7, 11) is 0. The molecule has 1 aliphatic rings. The van der Waals surface area contributed by atoms with E-state index in [-0.39, 0.29) is 11.6 Å². The fourth-order valence-corrected chi connectivity index (χ4v) is 1.87. The Bertz CT molecular complexity index is 357. The molecular formula is C11H11FO. The van der Waals surface area contributed by atoms with Gasteiger partial charge in [0, 0.05) is 6.42 Å². The van der Waals surface area contributed by atoms with Crippen LogP contribution in [0.3, 0.4) is 0 Å². The molecule has 0 amide bonds. The van der Waals surface area contributed by atoms with Crippen LogP contribution in [0.1, 0.15) is 41.6 Å². The first-order valence-corrected chi connectivity index (χ1v) is 4.51. The van der Waals surface area contributed by atoms with Crippen molar-refractivity contribution in [1.82, 2.24) is 0 Å². The third-order valence-electron chi connectivity index (χ3n) is 2.66. The van der Waals surface area contributed by atoms with Crippen LogP contribution in [0.25, 0.3) is 0 Å². The predicted octanol–water partition coefficient (Wildman–Crippen LogP) is 2.91. The molecule has 1 atom stereocenters. The molecule has 0 aliphatic heterocycles. The van der Waals surface area contributed by atoms with E-state index >= 15 is 0 Å². The van der Waals surface area contributed by atoms with Crippen LogP contribution in [0.15, 0.2) is 18.2 Å². The van der Waals surface area contributed by atoms with Gasteiger partial charge in [-0.05, 0) is 24.0 Å². The minimum absolute atomic E-state index is 0.0498. The van der Waals surface area contributed by atoms with E-state index in [1.165, 1.54) is 6.07 Å². The van der Waals surface area contributed by atoms with Crippen LogP contribution in [0.4, 0.5) is 4.39 Å². The number of carbonyl (C=O) groups is 1. The minimum Gasteiger partial charge on any atom is -0.294 e. The van der Waals surface area contributed by atoms with Crippen LogP contribution in [0.5, 0.6) is 0 Å². The monoisotopic (exact) mass is 178 g/mol. The van der Waals surface area contributed by atoms with Crippen molar-refractivity contribution in [2.45, 2.75) is 25.7 Å². The predicted molar refractivity (Wildman–Crippen MR) is 48.4 cm³/mol. The smallest absolute Gasteiger partial charge is 0.166 e. The summed E-state index contributed by atoms with van der Waals surface area (Å²) in [5.41, 5.74) is 1.19. The van der Waals surface area contributed by atoms with Crippen molar-refractivity contribution in [1.29, 1.82) is 0 Å². The molecule has 0 heterocycles. The van der Waals surface area contributed by atoms with Gasteiger partial charge in [-0.15, -0.1) is 0 Å². The number of carbonyl (C=O) groups excluding carboxylic acids is 1. The van der Waals surface area contributed by atoms with E-state index < -0.39 is 0 Å². The SMILES string of the molecule is CC1CCC(=O)c2c(F)cccc21. The molecule has 2 rings (SSSR count). The summed E-state index contributed by atoms with van der Waals surface area (Å²) in [4.78, 5) is 11.4. The van der Waals surface area contributed by atoms with Gasteiger partial charge >= 0.3 is 0 Å². The van der Waals surface area contributed by atoms with Gasteiger partial charge < -0.3 is 0 Å². The van der Waals surface area contributed by atoms with E-state index in [0.29, 0.717) is 17.9 Å². The Labute approximate surface area is 76.6 Å². The van der Waals surface area contributed by atoms with Crippen molar-refractivity contribution >= 4 is 5.78 Å². The maximum absolute atomic E-state index is 13.3. The second-order valence-corrected chi connectivity index (χ2v) is 3.57. The van der Waals surface area contributed by atoms with Crippen molar-refractivity contribution in [2.75, 3.05) is 0 Å². The first kappa shape index (κ1) is 8.42. The van der Waals surface area contributed by atoms with Crippen molar-refractivity contribution in [3.05, 3.63) is 35.1 Å². The fraction of sp³-hybridized carbons (Fsp3) is 0.364. The van der Waals surface area contributed by atoms with Crippen LogP contribution in [0.2, 0.25) is 0 Å². The van der Waals surface area contributed by atoms with E-state index in [1.807, 2.05) is 13.0 Å². The number of ketones is 1. The van der Waals surface area contributed by atoms with E-state index in [0.717, 1.165) is 12.0 Å². The minimum atomic E-state index is -0.367. The molecule has 0 saturated carbocycles. The summed E-state index contributed by atoms with van der Waals surface area (Å²) in [6.07, 6.45) is 1.32. The van der Waals surface area contributed by atoms with E-state index in [2.05, 4.69) is 0 Å². The number of halogens is 1. The number of Topliss-reactive ketones (excluding diaryl/α,β-unsaturated/α-hetero) is 1. The summed E-state index contributed by atoms with van der Waals surface area (Å²) in [6.45, 7) is 2.03. The molecule has 1 nitrogen and oxygen atoms in total. The third-order valence-corrected chi connectivity index (χ3v) is 2.66. The summed E-state index contributed by atoms with van der Waals surface area (Å²) in [5.74, 6) is -0.108. The fourth-order valence-electron chi connectivity index (χ4n) is 1.87. The quantitative estimate of drug-likeness (QED) is 0.597. The highest BCUT2D eigenvalue weighted by Crippen LogP contribution is 2.32. The highest BCUT2D eigenvalue weighted by Gasteiger charge is 2.24. The summed E-state index contributed by atoms with van der Waals surface area (Å²) >= 11 is 0. The molecule has 68 valence electrons. The number of benzene rings is 1. The average molecular weight is 178 g/mol.